The lowest BCUT2D eigenvalue weighted by molar-refractivity contribution is -0.384. The van der Waals surface area contributed by atoms with E-state index in [2.05, 4.69) is 15.4 Å². The number of rotatable bonds is 4. The first-order valence-electron chi connectivity index (χ1n) is 5.93. The topological polar surface area (TPSA) is 103 Å². The summed E-state index contributed by atoms with van der Waals surface area (Å²) in [5.41, 5.74) is 0.503. The third-order valence-electron chi connectivity index (χ3n) is 2.81. The highest BCUT2D eigenvalue weighted by atomic mass is 32.1. The molecule has 8 nitrogen and oxygen atoms in total. The second-order valence-corrected chi connectivity index (χ2v) is 5.08. The van der Waals surface area contributed by atoms with Gasteiger partial charge in [-0.05, 0) is 6.07 Å². The van der Waals surface area contributed by atoms with Crippen molar-refractivity contribution in [1.29, 1.82) is 0 Å². The van der Waals surface area contributed by atoms with Gasteiger partial charge in [-0.15, -0.1) is 11.3 Å². The quantitative estimate of drug-likeness (QED) is 0.587. The molecule has 0 radical (unpaired) electrons. The van der Waals surface area contributed by atoms with E-state index in [9.17, 15) is 14.9 Å². The van der Waals surface area contributed by atoms with Crippen molar-refractivity contribution in [3.8, 4) is 0 Å². The molecular formula is C12H9N5O3S. The summed E-state index contributed by atoms with van der Waals surface area (Å²) < 4.78 is 1.42. The molecule has 2 heterocycles. The number of non-ortho nitro benzene ring substituents is 1. The monoisotopic (exact) mass is 303 g/mol. The number of nitro benzene ring substituents is 1. The van der Waals surface area contributed by atoms with Crippen molar-refractivity contribution in [2.45, 2.75) is 6.54 Å². The number of nitrogens with one attached hydrogen (secondary N) is 1. The Kier molecular flexibility index (Phi) is 3.32. The third-order valence-corrected chi connectivity index (χ3v) is 3.50. The van der Waals surface area contributed by atoms with Crippen molar-refractivity contribution < 1.29 is 9.72 Å². The number of benzene rings is 1. The minimum atomic E-state index is -0.480. The molecule has 3 rings (SSSR count). The minimum Gasteiger partial charge on any atom is -0.300 e. The average Bonchev–Trinajstić information content (AvgIpc) is 3.08. The Hall–Kier alpha value is -2.81. The standard InChI is InChI=1S/C12H9N5O3S/c18-11(15-12-13-3-4-21-12)7-16-10-5-9(17(19)20)2-1-8(10)6-14-16/h1-6H,7H2,(H,13,15,18). The summed E-state index contributed by atoms with van der Waals surface area (Å²) >= 11 is 1.31. The number of hydrogen-bond acceptors (Lipinski definition) is 6. The van der Waals surface area contributed by atoms with E-state index in [-0.39, 0.29) is 18.1 Å². The Morgan fingerprint density at radius 1 is 1.48 bits per heavy atom. The summed E-state index contributed by atoms with van der Waals surface area (Å²) in [5, 5.41) is 20.5. The molecule has 0 aliphatic carbocycles. The number of thiazole rings is 1. The molecular weight excluding hydrogens is 294 g/mol. The van der Waals surface area contributed by atoms with Crippen LogP contribution in [-0.2, 0) is 11.3 Å². The molecule has 1 aromatic carbocycles. The highest BCUT2D eigenvalue weighted by Crippen LogP contribution is 2.20. The van der Waals surface area contributed by atoms with Gasteiger partial charge in [0.1, 0.15) is 6.54 Å². The second kappa shape index (κ2) is 5.29. The molecule has 106 valence electrons. The summed E-state index contributed by atoms with van der Waals surface area (Å²) in [6, 6.07) is 4.42. The highest BCUT2D eigenvalue weighted by Gasteiger charge is 2.12. The fraction of sp³-hybridized carbons (Fsp3) is 0.0833. The molecule has 0 fully saturated rings. The molecule has 2 aromatic heterocycles. The van der Waals surface area contributed by atoms with Gasteiger partial charge in [0.2, 0.25) is 5.91 Å². The van der Waals surface area contributed by atoms with E-state index < -0.39 is 4.92 Å². The Balaban J connectivity index is 1.84. The van der Waals surface area contributed by atoms with Crippen LogP contribution in [0.25, 0.3) is 10.9 Å². The van der Waals surface area contributed by atoms with Crippen LogP contribution in [0.1, 0.15) is 0 Å². The van der Waals surface area contributed by atoms with Gasteiger partial charge in [0.25, 0.3) is 5.69 Å². The molecule has 0 saturated carbocycles. The van der Waals surface area contributed by atoms with Gasteiger partial charge in [-0.1, -0.05) is 0 Å². The van der Waals surface area contributed by atoms with Gasteiger partial charge in [-0.3, -0.25) is 19.6 Å². The van der Waals surface area contributed by atoms with Gasteiger partial charge in [0, 0.05) is 29.1 Å². The van der Waals surface area contributed by atoms with Gasteiger partial charge in [-0.2, -0.15) is 5.10 Å². The molecule has 0 saturated heterocycles. The minimum absolute atomic E-state index is 0.0374. The smallest absolute Gasteiger partial charge is 0.271 e. The Labute approximate surface area is 122 Å². The Morgan fingerprint density at radius 3 is 3.05 bits per heavy atom. The van der Waals surface area contributed by atoms with E-state index in [0.717, 1.165) is 5.39 Å². The Bertz CT molecular complexity index is 812. The van der Waals surface area contributed by atoms with Crippen LogP contribution in [0.15, 0.2) is 36.0 Å². The van der Waals surface area contributed by atoms with Crippen LogP contribution in [0, 0.1) is 10.1 Å². The third kappa shape index (κ3) is 2.72. The molecule has 1 N–H and O–H groups in total. The fourth-order valence-corrected chi connectivity index (χ4v) is 2.42. The van der Waals surface area contributed by atoms with Gasteiger partial charge >= 0.3 is 0 Å². The molecule has 0 atom stereocenters. The van der Waals surface area contributed by atoms with Crippen molar-refractivity contribution >= 4 is 39.0 Å². The number of carbonyl (C=O) groups is 1. The number of hydrogen-bond donors (Lipinski definition) is 1. The maximum absolute atomic E-state index is 11.9. The summed E-state index contributed by atoms with van der Waals surface area (Å²) in [6.07, 6.45) is 3.16. The predicted molar refractivity (Wildman–Crippen MR) is 77.1 cm³/mol. The van der Waals surface area contributed by atoms with Crippen molar-refractivity contribution in [2.75, 3.05) is 5.32 Å². The molecule has 21 heavy (non-hydrogen) atoms. The molecule has 0 aliphatic rings. The van der Waals surface area contributed by atoms with Gasteiger partial charge in [0.05, 0.1) is 16.6 Å². The van der Waals surface area contributed by atoms with Crippen LogP contribution in [0.4, 0.5) is 10.8 Å². The van der Waals surface area contributed by atoms with Crippen LogP contribution >= 0.6 is 11.3 Å². The first-order valence-corrected chi connectivity index (χ1v) is 6.81. The zero-order valence-electron chi connectivity index (χ0n) is 10.6. The van der Waals surface area contributed by atoms with Crippen LogP contribution in [-0.4, -0.2) is 25.6 Å². The normalized spacial score (nSPS) is 10.7. The maximum Gasteiger partial charge on any atom is 0.271 e. The average molecular weight is 303 g/mol. The van der Waals surface area contributed by atoms with Crippen molar-refractivity contribution in [3.63, 3.8) is 0 Å². The van der Waals surface area contributed by atoms with E-state index in [0.29, 0.717) is 10.6 Å². The summed E-state index contributed by atoms with van der Waals surface area (Å²) in [6.45, 7) is -0.0375. The van der Waals surface area contributed by atoms with Crippen LogP contribution in [0.3, 0.4) is 0 Å². The van der Waals surface area contributed by atoms with E-state index in [1.54, 1.807) is 23.8 Å². The highest BCUT2D eigenvalue weighted by molar-refractivity contribution is 7.13. The van der Waals surface area contributed by atoms with Crippen molar-refractivity contribution in [1.82, 2.24) is 14.8 Å². The van der Waals surface area contributed by atoms with Crippen molar-refractivity contribution in [2.24, 2.45) is 0 Å². The zero-order chi connectivity index (χ0) is 14.8. The lowest BCUT2D eigenvalue weighted by Crippen LogP contribution is -2.19. The maximum atomic E-state index is 11.9. The summed E-state index contributed by atoms with van der Waals surface area (Å²) in [7, 11) is 0. The molecule has 9 heteroatoms. The van der Waals surface area contributed by atoms with Crippen LogP contribution in [0.2, 0.25) is 0 Å². The Morgan fingerprint density at radius 2 is 2.33 bits per heavy atom. The number of aromatic nitrogens is 3. The lowest BCUT2D eigenvalue weighted by Gasteiger charge is -2.03. The predicted octanol–water partition coefficient (Wildman–Crippen LogP) is 2.04. The summed E-state index contributed by atoms with van der Waals surface area (Å²) in [5.74, 6) is -0.290. The first kappa shape index (κ1) is 13.2. The van der Waals surface area contributed by atoms with Gasteiger partial charge in [-0.25, -0.2) is 4.98 Å². The second-order valence-electron chi connectivity index (χ2n) is 4.19. The van der Waals surface area contributed by atoms with Crippen LogP contribution in [0.5, 0.6) is 0 Å². The molecule has 3 aromatic rings. The van der Waals surface area contributed by atoms with E-state index >= 15 is 0 Å². The SMILES string of the molecule is O=C(Cn1ncc2ccc([N+](=O)[O-])cc21)Nc1nccs1. The number of nitro groups is 1. The van der Waals surface area contributed by atoms with Crippen LogP contribution < -0.4 is 5.32 Å². The van der Waals surface area contributed by atoms with Crippen molar-refractivity contribution in [3.05, 3.63) is 46.1 Å². The number of nitrogens with zero attached hydrogens (tertiary/aromatic N) is 4. The lowest BCUT2D eigenvalue weighted by atomic mass is 10.2. The van der Waals surface area contributed by atoms with Gasteiger partial charge < -0.3 is 5.32 Å². The fourth-order valence-electron chi connectivity index (χ4n) is 1.88. The number of fused-ring (bicyclic) bond motifs is 1. The molecule has 0 aliphatic heterocycles. The molecule has 1 amide bonds. The zero-order valence-corrected chi connectivity index (χ0v) is 11.4. The molecule has 0 unspecified atom stereocenters. The first-order chi connectivity index (χ1) is 10.1. The summed E-state index contributed by atoms with van der Waals surface area (Å²) in [4.78, 5) is 26.2. The molecule has 0 bridgehead atoms. The van der Waals surface area contributed by atoms with E-state index in [4.69, 9.17) is 0 Å². The number of amides is 1. The largest absolute Gasteiger partial charge is 0.300 e. The number of carbonyl (C=O) groups excluding carboxylic acids is 1. The molecule has 0 spiro atoms. The van der Waals surface area contributed by atoms with Gasteiger partial charge in [0.15, 0.2) is 5.13 Å². The van der Waals surface area contributed by atoms with E-state index in [1.165, 1.54) is 28.2 Å². The van der Waals surface area contributed by atoms with E-state index in [1.807, 2.05) is 0 Å². The number of anilines is 1.